The van der Waals surface area contributed by atoms with Crippen molar-refractivity contribution in [2.75, 3.05) is 7.05 Å². The van der Waals surface area contributed by atoms with E-state index in [9.17, 15) is 0 Å². The fourth-order valence-electron chi connectivity index (χ4n) is 0.539. The Balaban J connectivity index is 4.07. The molecule has 1 atom stereocenters. The standard InChI is InChI=1S/C8H14N2/c1-5-8(9)6(2)7(3)10-4/h5,7,9-10H,1-2H2,3-4H3/t7-/m0/s1. The smallest absolute Gasteiger partial charge is 0.0575 e. The number of hydrogen-bond acceptors (Lipinski definition) is 2. The molecule has 0 fully saturated rings. The molecule has 0 amide bonds. The molecule has 0 rings (SSSR count). The number of hydrogen-bond donors (Lipinski definition) is 2. The van der Waals surface area contributed by atoms with Crippen molar-refractivity contribution in [3.8, 4) is 0 Å². The van der Waals surface area contributed by atoms with E-state index in [0.29, 0.717) is 5.71 Å². The van der Waals surface area contributed by atoms with Crippen LogP contribution in [0.25, 0.3) is 0 Å². The number of allylic oxidation sites excluding steroid dienone is 1. The van der Waals surface area contributed by atoms with Gasteiger partial charge in [0.05, 0.1) is 5.71 Å². The molecular formula is C8H14N2. The quantitative estimate of drug-likeness (QED) is 0.565. The predicted octanol–water partition coefficient (Wildman–Crippen LogP) is 1.36. The average molecular weight is 138 g/mol. The lowest BCUT2D eigenvalue weighted by molar-refractivity contribution is 0.714. The van der Waals surface area contributed by atoms with E-state index in [4.69, 9.17) is 5.41 Å². The van der Waals surface area contributed by atoms with E-state index in [2.05, 4.69) is 18.5 Å². The van der Waals surface area contributed by atoms with Gasteiger partial charge in [0.15, 0.2) is 0 Å². The minimum Gasteiger partial charge on any atom is -0.313 e. The molecule has 0 unspecified atom stereocenters. The van der Waals surface area contributed by atoms with Gasteiger partial charge in [-0.3, -0.25) is 0 Å². The molecule has 0 spiro atoms. The third-order valence-corrected chi connectivity index (χ3v) is 1.51. The first-order chi connectivity index (χ1) is 4.63. The van der Waals surface area contributed by atoms with Gasteiger partial charge in [-0.25, -0.2) is 0 Å². The number of nitrogens with one attached hydrogen (secondary N) is 2. The second-order valence-corrected chi connectivity index (χ2v) is 2.15. The van der Waals surface area contributed by atoms with E-state index >= 15 is 0 Å². The van der Waals surface area contributed by atoms with Gasteiger partial charge >= 0.3 is 0 Å². The average Bonchev–Trinajstić information content (AvgIpc) is 2.00. The van der Waals surface area contributed by atoms with Gasteiger partial charge in [-0.05, 0) is 25.6 Å². The van der Waals surface area contributed by atoms with Crippen LogP contribution in [0.2, 0.25) is 0 Å². The molecule has 0 heterocycles. The normalized spacial score (nSPS) is 12.2. The summed E-state index contributed by atoms with van der Waals surface area (Å²) in [6.07, 6.45) is 1.50. The Bertz CT molecular complexity index is 159. The highest BCUT2D eigenvalue weighted by Crippen LogP contribution is 1.99. The predicted molar refractivity (Wildman–Crippen MR) is 45.6 cm³/mol. The maximum absolute atomic E-state index is 7.32. The fraction of sp³-hybridized carbons (Fsp3) is 0.375. The van der Waals surface area contributed by atoms with Crippen LogP contribution < -0.4 is 5.32 Å². The second-order valence-electron chi connectivity index (χ2n) is 2.15. The highest BCUT2D eigenvalue weighted by atomic mass is 14.9. The van der Waals surface area contributed by atoms with Crippen molar-refractivity contribution in [2.45, 2.75) is 13.0 Å². The van der Waals surface area contributed by atoms with Gasteiger partial charge in [-0.2, -0.15) is 0 Å². The summed E-state index contributed by atoms with van der Waals surface area (Å²) in [4.78, 5) is 0. The molecule has 0 aromatic heterocycles. The van der Waals surface area contributed by atoms with Crippen LogP contribution in [0.15, 0.2) is 24.8 Å². The van der Waals surface area contributed by atoms with Gasteiger partial charge in [0, 0.05) is 6.04 Å². The molecule has 10 heavy (non-hydrogen) atoms. The zero-order valence-corrected chi connectivity index (χ0v) is 6.57. The summed E-state index contributed by atoms with van der Waals surface area (Å²) >= 11 is 0. The molecule has 0 radical (unpaired) electrons. The highest BCUT2D eigenvalue weighted by molar-refractivity contribution is 6.06. The van der Waals surface area contributed by atoms with Crippen LogP contribution in [-0.2, 0) is 0 Å². The van der Waals surface area contributed by atoms with Crippen molar-refractivity contribution in [3.63, 3.8) is 0 Å². The van der Waals surface area contributed by atoms with E-state index in [1.807, 2.05) is 14.0 Å². The lowest BCUT2D eigenvalue weighted by Crippen LogP contribution is -2.26. The Kier molecular flexibility index (Phi) is 3.65. The first-order valence-electron chi connectivity index (χ1n) is 3.21. The van der Waals surface area contributed by atoms with E-state index < -0.39 is 0 Å². The summed E-state index contributed by atoms with van der Waals surface area (Å²) in [6, 6.07) is 0.158. The fourth-order valence-corrected chi connectivity index (χ4v) is 0.539. The Morgan fingerprint density at radius 2 is 2.20 bits per heavy atom. The van der Waals surface area contributed by atoms with Crippen molar-refractivity contribution in [3.05, 3.63) is 24.8 Å². The van der Waals surface area contributed by atoms with Crippen LogP contribution >= 0.6 is 0 Å². The molecule has 0 aromatic carbocycles. The molecule has 0 aliphatic rings. The molecule has 2 N–H and O–H groups in total. The molecule has 0 saturated carbocycles. The van der Waals surface area contributed by atoms with Gasteiger partial charge < -0.3 is 10.7 Å². The third kappa shape index (κ3) is 2.15. The molecule has 2 heteroatoms. The summed E-state index contributed by atoms with van der Waals surface area (Å²) in [5.41, 5.74) is 1.18. The molecule has 0 aromatic rings. The van der Waals surface area contributed by atoms with Gasteiger partial charge in [0.25, 0.3) is 0 Å². The van der Waals surface area contributed by atoms with Crippen LogP contribution in [0, 0.1) is 5.41 Å². The van der Waals surface area contributed by atoms with Crippen molar-refractivity contribution >= 4 is 5.71 Å². The summed E-state index contributed by atoms with van der Waals surface area (Å²) in [6.45, 7) is 9.18. The maximum Gasteiger partial charge on any atom is 0.0575 e. The Morgan fingerprint density at radius 3 is 2.50 bits per heavy atom. The number of rotatable bonds is 4. The van der Waals surface area contributed by atoms with E-state index in [0.717, 1.165) is 5.57 Å². The van der Waals surface area contributed by atoms with Gasteiger partial charge in [-0.1, -0.05) is 13.2 Å². The van der Waals surface area contributed by atoms with Gasteiger partial charge in [-0.15, -0.1) is 0 Å². The molecule has 0 aliphatic carbocycles. The molecule has 56 valence electrons. The Hall–Kier alpha value is -0.890. The molecule has 2 nitrogen and oxygen atoms in total. The molecule has 0 bridgehead atoms. The van der Waals surface area contributed by atoms with Crippen molar-refractivity contribution < 1.29 is 0 Å². The maximum atomic E-state index is 7.32. The molecule has 0 saturated heterocycles. The molecular weight excluding hydrogens is 124 g/mol. The zero-order valence-electron chi connectivity index (χ0n) is 6.57. The van der Waals surface area contributed by atoms with Gasteiger partial charge in [0.1, 0.15) is 0 Å². The minimum atomic E-state index is 0.158. The summed E-state index contributed by atoms with van der Waals surface area (Å²) in [7, 11) is 1.84. The van der Waals surface area contributed by atoms with Crippen LogP contribution in [0.1, 0.15) is 6.92 Å². The first kappa shape index (κ1) is 9.11. The van der Waals surface area contributed by atoms with Crippen molar-refractivity contribution in [1.82, 2.24) is 5.32 Å². The molecule has 0 aliphatic heterocycles. The van der Waals surface area contributed by atoms with Crippen molar-refractivity contribution in [1.29, 1.82) is 5.41 Å². The van der Waals surface area contributed by atoms with E-state index in [1.165, 1.54) is 6.08 Å². The van der Waals surface area contributed by atoms with Crippen LogP contribution in [0.5, 0.6) is 0 Å². The summed E-state index contributed by atoms with van der Waals surface area (Å²) in [5.74, 6) is 0. The second kappa shape index (κ2) is 4.01. The highest BCUT2D eigenvalue weighted by Gasteiger charge is 2.04. The Morgan fingerprint density at radius 1 is 1.70 bits per heavy atom. The zero-order chi connectivity index (χ0) is 8.15. The SMILES string of the molecule is C=CC(=N)C(=C)[C@H](C)NC. The van der Waals surface area contributed by atoms with Crippen LogP contribution in [-0.4, -0.2) is 18.8 Å². The minimum absolute atomic E-state index is 0.158. The third-order valence-electron chi connectivity index (χ3n) is 1.51. The largest absolute Gasteiger partial charge is 0.313 e. The van der Waals surface area contributed by atoms with E-state index in [-0.39, 0.29) is 6.04 Å². The summed E-state index contributed by atoms with van der Waals surface area (Å²) < 4.78 is 0. The van der Waals surface area contributed by atoms with Crippen molar-refractivity contribution in [2.24, 2.45) is 0 Å². The lowest BCUT2D eigenvalue weighted by Gasteiger charge is -2.11. The number of likely N-dealkylation sites (N-methyl/N-ethyl adjacent to an activating group) is 1. The topological polar surface area (TPSA) is 35.9 Å². The van der Waals surface area contributed by atoms with Gasteiger partial charge in [0.2, 0.25) is 0 Å². The first-order valence-corrected chi connectivity index (χ1v) is 3.21. The lowest BCUT2D eigenvalue weighted by atomic mass is 10.1. The van der Waals surface area contributed by atoms with E-state index in [1.54, 1.807) is 0 Å². The summed E-state index contributed by atoms with van der Waals surface area (Å²) in [5, 5.41) is 10.3. The monoisotopic (exact) mass is 138 g/mol. The Labute approximate surface area is 62.1 Å². The van der Waals surface area contributed by atoms with Crippen LogP contribution in [0.4, 0.5) is 0 Å². The van der Waals surface area contributed by atoms with Crippen LogP contribution in [0.3, 0.4) is 0 Å².